The highest BCUT2D eigenvalue weighted by molar-refractivity contribution is 14.1. The quantitative estimate of drug-likeness (QED) is 0.417. The Kier molecular flexibility index (Phi) is 5.83. The van der Waals surface area contributed by atoms with E-state index in [-0.39, 0.29) is 6.04 Å². The van der Waals surface area contributed by atoms with Crippen molar-refractivity contribution in [3.05, 3.63) is 61.6 Å². The predicted octanol–water partition coefficient (Wildman–Crippen LogP) is 3.81. The molecule has 0 spiro atoms. The van der Waals surface area contributed by atoms with Gasteiger partial charge >= 0.3 is 0 Å². The predicted molar refractivity (Wildman–Crippen MR) is 93.6 cm³/mol. The van der Waals surface area contributed by atoms with E-state index in [2.05, 4.69) is 68.2 Å². The van der Waals surface area contributed by atoms with Gasteiger partial charge < -0.3 is 4.74 Å². The zero-order valence-corrected chi connectivity index (χ0v) is 14.8. The average molecular weight is 447 g/mol. The van der Waals surface area contributed by atoms with Gasteiger partial charge in [-0.2, -0.15) is 0 Å². The van der Waals surface area contributed by atoms with Crippen LogP contribution in [0.4, 0.5) is 0 Å². The van der Waals surface area contributed by atoms with Crippen LogP contribution in [-0.2, 0) is 6.42 Å². The summed E-state index contributed by atoms with van der Waals surface area (Å²) in [6, 6.07) is 14.4. The van der Waals surface area contributed by atoms with Crippen molar-refractivity contribution in [1.29, 1.82) is 0 Å². The first-order valence-electron chi connectivity index (χ1n) is 6.18. The molecule has 0 aliphatic carbocycles. The van der Waals surface area contributed by atoms with Gasteiger partial charge in [0.1, 0.15) is 5.75 Å². The number of nitrogens with one attached hydrogen (secondary N) is 1. The summed E-state index contributed by atoms with van der Waals surface area (Å²) in [5.41, 5.74) is 5.17. The third kappa shape index (κ3) is 3.94. The highest BCUT2D eigenvalue weighted by Crippen LogP contribution is 2.28. The first-order valence-corrected chi connectivity index (χ1v) is 8.05. The van der Waals surface area contributed by atoms with Gasteiger partial charge in [-0.3, -0.25) is 11.3 Å². The summed E-state index contributed by atoms with van der Waals surface area (Å²) in [7, 11) is 1.68. The first-order chi connectivity index (χ1) is 9.63. The van der Waals surface area contributed by atoms with Gasteiger partial charge in [-0.25, -0.2) is 0 Å². The zero-order valence-electron chi connectivity index (χ0n) is 11.1. The molecule has 0 amide bonds. The van der Waals surface area contributed by atoms with Crippen LogP contribution in [0.5, 0.6) is 5.75 Å². The molecule has 2 rings (SSSR count). The van der Waals surface area contributed by atoms with E-state index in [4.69, 9.17) is 10.6 Å². The summed E-state index contributed by atoms with van der Waals surface area (Å²) in [6.07, 6.45) is 0.763. The van der Waals surface area contributed by atoms with Crippen LogP contribution in [0.3, 0.4) is 0 Å². The lowest BCUT2D eigenvalue weighted by Crippen LogP contribution is -2.29. The number of rotatable bonds is 5. The molecular weight excluding hydrogens is 431 g/mol. The Morgan fingerprint density at radius 2 is 2.10 bits per heavy atom. The van der Waals surface area contributed by atoms with Gasteiger partial charge in [0.05, 0.1) is 13.2 Å². The summed E-state index contributed by atoms with van der Waals surface area (Å²) in [4.78, 5) is 0. The van der Waals surface area contributed by atoms with E-state index in [1.807, 2.05) is 18.2 Å². The maximum absolute atomic E-state index is 5.73. The fourth-order valence-corrected chi connectivity index (χ4v) is 3.10. The van der Waals surface area contributed by atoms with Crippen molar-refractivity contribution < 1.29 is 4.74 Å². The van der Waals surface area contributed by atoms with E-state index in [1.165, 1.54) is 9.13 Å². The number of nitrogens with two attached hydrogens (primary N) is 1. The number of ether oxygens (including phenoxy) is 1. The summed E-state index contributed by atoms with van der Waals surface area (Å²) >= 11 is 5.80. The van der Waals surface area contributed by atoms with Gasteiger partial charge in [-0.15, -0.1) is 0 Å². The molecule has 20 heavy (non-hydrogen) atoms. The van der Waals surface area contributed by atoms with E-state index >= 15 is 0 Å². The van der Waals surface area contributed by atoms with Gasteiger partial charge in [-0.1, -0.05) is 28.1 Å². The Morgan fingerprint density at radius 3 is 2.75 bits per heavy atom. The topological polar surface area (TPSA) is 47.3 Å². The maximum atomic E-state index is 5.73. The van der Waals surface area contributed by atoms with Crippen molar-refractivity contribution in [2.24, 2.45) is 5.84 Å². The van der Waals surface area contributed by atoms with Crippen LogP contribution in [-0.4, -0.2) is 7.11 Å². The summed E-state index contributed by atoms with van der Waals surface area (Å²) in [5.74, 6) is 6.60. The summed E-state index contributed by atoms with van der Waals surface area (Å²) < 4.78 is 7.64. The monoisotopic (exact) mass is 446 g/mol. The van der Waals surface area contributed by atoms with Gasteiger partial charge in [-0.05, 0) is 70.5 Å². The maximum Gasteiger partial charge on any atom is 0.122 e. The number of hydrogen-bond donors (Lipinski definition) is 2. The molecule has 2 aromatic rings. The molecule has 0 bridgehead atoms. The van der Waals surface area contributed by atoms with Crippen LogP contribution >= 0.6 is 38.5 Å². The number of benzene rings is 2. The van der Waals surface area contributed by atoms with Crippen molar-refractivity contribution in [3.8, 4) is 5.75 Å². The number of hydrazine groups is 1. The highest BCUT2D eigenvalue weighted by atomic mass is 127. The Labute approximate surface area is 141 Å². The zero-order chi connectivity index (χ0) is 14.5. The van der Waals surface area contributed by atoms with E-state index in [1.54, 1.807) is 7.11 Å². The van der Waals surface area contributed by atoms with Crippen LogP contribution < -0.4 is 16.0 Å². The third-order valence-corrected chi connectivity index (χ3v) is 4.28. The summed E-state index contributed by atoms with van der Waals surface area (Å²) in [6.45, 7) is 0. The minimum Gasteiger partial charge on any atom is -0.496 e. The normalized spacial score (nSPS) is 12.2. The van der Waals surface area contributed by atoms with E-state index in [9.17, 15) is 0 Å². The standard InChI is InChI=1S/C15H16BrIN2O/c1-20-15-6-5-12(16)7-11(15)9-14(19-18)10-3-2-4-13(17)8-10/h2-8,14,19H,9,18H2,1H3. The van der Waals surface area contributed by atoms with Crippen molar-refractivity contribution in [2.75, 3.05) is 7.11 Å². The van der Waals surface area contributed by atoms with Crippen molar-refractivity contribution >= 4 is 38.5 Å². The second-order valence-electron chi connectivity index (χ2n) is 4.43. The molecule has 3 N–H and O–H groups in total. The largest absolute Gasteiger partial charge is 0.496 e. The van der Waals surface area contributed by atoms with Gasteiger partial charge in [0.25, 0.3) is 0 Å². The second kappa shape index (κ2) is 7.40. The molecule has 0 radical (unpaired) electrons. The van der Waals surface area contributed by atoms with Crippen LogP contribution in [0, 0.1) is 3.57 Å². The molecule has 0 fully saturated rings. The minimum absolute atomic E-state index is 0.0490. The molecule has 1 atom stereocenters. The second-order valence-corrected chi connectivity index (χ2v) is 6.60. The molecule has 0 aromatic heterocycles. The Morgan fingerprint density at radius 1 is 1.30 bits per heavy atom. The SMILES string of the molecule is COc1ccc(Br)cc1CC(NN)c1cccc(I)c1. The molecule has 0 heterocycles. The lowest BCUT2D eigenvalue weighted by molar-refractivity contribution is 0.405. The van der Waals surface area contributed by atoms with Crippen LogP contribution in [0.1, 0.15) is 17.2 Å². The van der Waals surface area contributed by atoms with Crippen molar-refractivity contribution in [3.63, 3.8) is 0 Å². The first kappa shape index (κ1) is 15.8. The molecule has 0 aliphatic rings. The molecule has 5 heteroatoms. The Hall–Kier alpha value is -0.630. The summed E-state index contributed by atoms with van der Waals surface area (Å²) in [5, 5.41) is 0. The molecule has 2 aromatic carbocycles. The Balaban J connectivity index is 2.28. The van der Waals surface area contributed by atoms with Crippen LogP contribution in [0.2, 0.25) is 0 Å². The molecule has 1 unspecified atom stereocenters. The van der Waals surface area contributed by atoms with Gasteiger partial charge in [0.2, 0.25) is 0 Å². The number of hydrogen-bond acceptors (Lipinski definition) is 3. The minimum atomic E-state index is 0.0490. The molecule has 0 saturated carbocycles. The number of halogens is 2. The molecule has 0 aliphatic heterocycles. The fraction of sp³-hybridized carbons (Fsp3) is 0.200. The van der Waals surface area contributed by atoms with Gasteiger partial charge in [0.15, 0.2) is 0 Å². The van der Waals surface area contributed by atoms with Crippen molar-refractivity contribution in [1.82, 2.24) is 5.43 Å². The molecular formula is C15H16BrIN2O. The molecule has 0 saturated heterocycles. The average Bonchev–Trinajstić information content (AvgIpc) is 2.45. The smallest absolute Gasteiger partial charge is 0.122 e. The molecule has 3 nitrogen and oxygen atoms in total. The third-order valence-electron chi connectivity index (χ3n) is 3.12. The van der Waals surface area contributed by atoms with E-state index < -0.39 is 0 Å². The Bertz CT molecular complexity index is 592. The van der Waals surface area contributed by atoms with Crippen molar-refractivity contribution in [2.45, 2.75) is 12.5 Å². The van der Waals surface area contributed by atoms with Crippen LogP contribution in [0.25, 0.3) is 0 Å². The van der Waals surface area contributed by atoms with Gasteiger partial charge in [0, 0.05) is 8.04 Å². The highest BCUT2D eigenvalue weighted by Gasteiger charge is 2.14. The number of methoxy groups -OCH3 is 1. The fourth-order valence-electron chi connectivity index (χ4n) is 2.12. The lowest BCUT2D eigenvalue weighted by atomic mass is 9.99. The lowest BCUT2D eigenvalue weighted by Gasteiger charge is -2.18. The van der Waals surface area contributed by atoms with Crippen LogP contribution in [0.15, 0.2) is 46.9 Å². The van der Waals surface area contributed by atoms with E-state index in [0.717, 1.165) is 22.2 Å². The molecule has 106 valence electrons. The van der Waals surface area contributed by atoms with E-state index in [0.29, 0.717) is 0 Å².